The number of halogens is 3. The highest BCUT2D eigenvalue weighted by Gasteiger charge is 2.07. The van der Waals surface area contributed by atoms with Crippen molar-refractivity contribution in [2.75, 3.05) is 17.7 Å². The van der Waals surface area contributed by atoms with Crippen LogP contribution in [0, 0.1) is 0 Å². The van der Waals surface area contributed by atoms with Crippen molar-refractivity contribution in [2.24, 2.45) is 0 Å². The molecule has 0 aliphatic rings. The minimum Gasteiger partial charge on any atom is -0.495 e. The summed E-state index contributed by atoms with van der Waals surface area (Å²) >= 11 is 18.1. The molecular formula is C16H12Cl3N5O. The third kappa shape index (κ3) is 4.42. The van der Waals surface area contributed by atoms with E-state index >= 15 is 0 Å². The first kappa shape index (κ1) is 17.5. The molecule has 0 radical (unpaired) electrons. The second kappa shape index (κ2) is 7.74. The molecule has 0 spiro atoms. The molecule has 0 saturated carbocycles. The Balaban J connectivity index is 1.78. The van der Waals surface area contributed by atoms with Gasteiger partial charge in [-0.05, 0) is 36.4 Å². The van der Waals surface area contributed by atoms with Crippen molar-refractivity contribution in [3.8, 4) is 5.75 Å². The Bertz CT molecular complexity index is 907. The van der Waals surface area contributed by atoms with Crippen molar-refractivity contribution in [2.45, 2.75) is 0 Å². The number of nitrogens with one attached hydrogen (secondary N) is 2. The first-order valence-corrected chi connectivity index (χ1v) is 8.21. The van der Waals surface area contributed by atoms with Gasteiger partial charge in [0.1, 0.15) is 5.75 Å². The zero-order valence-corrected chi connectivity index (χ0v) is 15.2. The lowest BCUT2D eigenvalue weighted by atomic mass is 10.3. The normalized spacial score (nSPS) is 10.4. The molecule has 0 aliphatic carbocycles. The Labute approximate surface area is 159 Å². The van der Waals surface area contributed by atoms with Gasteiger partial charge in [-0.3, -0.25) is 0 Å². The molecule has 3 rings (SSSR count). The molecule has 1 heterocycles. The van der Waals surface area contributed by atoms with Crippen LogP contribution in [-0.4, -0.2) is 22.3 Å². The molecule has 0 atom stereocenters. The molecule has 0 saturated heterocycles. The van der Waals surface area contributed by atoms with E-state index in [9.17, 15) is 0 Å². The number of hydrogen-bond acceptors (Lipinski definition) is 6. The number of hydrogen-bond donors (Lipinski definition) is 2. The lowest BCUT2D eigenvalue weighted by Crippen LogP contribution is -2.02. The molecule has 1 aromatic heterocycles. The SMILES string of the molecule is COc1ccc(Nc2nncc(Nc3ccc(Cl)cc3Cl)n2)cc1Cl. The third-order valence-corrected chi connectivity index (χ3v) is 4.00. The van der Waals surface area contributed by atoms with Gasteiger partial charge < -0.3 is 15.4 Å². The van der Waals surface area contributed by atoms with E-state index < -0.39 is 0 Å². The molecule has 0 amide bonds. The average Bonchev–Trinajstić information content (AvgIpc) is 2.58. The summed E-state index contributed by atoms with van der Waals surface area (Å²) in [4.78, 5) is 4.34. The summed E-state index contributed by atoms with van der Waals surface area (Å²) in [5, 5.41) is 15.5. The molecule has 2 aromatic carbocycles. The van der Waals surface area contributed by atoms with Gasteiger partial charge in [0.2, 0.25) is 5.95 Å². The van der Waals surface area contributed by atoms with Crippen LogP contribution in [0.15, 0.2) is 42.6 Å². The molecule has 25 heavy (non-hydrogen) atoms. The highest BCUT2D eigenvalue weighted by atomic mass is 35.5. The van der Waals surface area contributed by atoms with Crippen LogP contribution in [0.3, 0.4) is 0 Å². The molecule has 0 fully saturated rings. The molecule has 128 valence electrons. The van der Waals surface area contributed by atoms with Gasteiger partial charge in [-0.25, -0.2) is 0 Å². The molecule has 3 aromatic rings. The van der Waals surface area contributed by atoms with Gasteiger partial charge in [-0.1, -0.05) is 34.8 Å². The molecule has 0 aliphatic heterocycles. The minimum atomic E-state index is 0.302. The summed E-state index contributed by atoms with van der Waals surface area (Å²) in [6.07, 6.45) is 1.48. The maximum Gasteiger partial charge on any atom is 0.249 e. The van der Waals surface area contributed by atoms with Gasteiger partial charge >= 0.3 is 0 Å². The summed E-state index contributed by atoms with van der Waals surface area (Å²) in [5.41, 5.74) is 1.36. The fourth-order valence-corrected chi connectivity index (χ4v) is 2.73. The maximum atomic E-state index is 6.14. The Kier molecular flexibility index (Phi) is 5.43. The number of benzene rings is 2. The van der Waals surface area contributed by atoms with Gasteiger partial charge in [-0.15, -0.1) is 5.10 Å². The Morgan fingerprint density at radius 2 is 1.80 bits per heavy atom. The Hall–Kier alpha value is -2.28. The van der Waals surface area contributed by atoms with Crippen molar-refractivity contribution < 1.29 is 4.74 Å². The largest absolute Gasteiger partial charge is 0.495 e. The lowest BCUT2D eigenvalue weighted by molar-refractivity contribution is 0.415. The number of anilines is 4. The van der Waals surface area contributed by atoms with Crippen LogP contribution in [0.5, 0.6) is 5.75 Å². The molecule has 2 N–H and O–H groups in total. The van der Waals surface area contributed by atoms with E-state index in [1.807, 2.05) is 0 Å². The summed E-state index contributed by atoms with van der Waals surface area (Å²) < 4.78 is 5.12. The average molecular weight is 397 g/mol. The molecule has 9 heteroatoms. The molecular weight excluding hydrogens is 385 g/mol. The second-order valence-corrected chi connectivity index (χ2v) is 6.14. The van der Waals surface area contributed by atoms with Crippen LogP contribution in [0.25, 0.3) is 0 Å². The predicted octanol–water partition coefficient (Wildman–Crippen LogP) is 5.33. The van der Waals surface area contributed by atoms with Gasteiger partial charge in [-0.2, -0.15) is 10.1 Å². The topological polar surface area (TPSA) is 72.0 Å². The van der Waals surface area contributed by atoms with Crippen molar-refractivity contribution in [3.05, 3.63) is 57.7 Å². The third-order valence-electron chi connectivity index (χ3n) is 3.16. The van der Waals surface area contributed by atoms with Crippen LogP contribution in [0.1, 0.15) is 0 Å². The minimum absolute atomic E-state index is 0.302. The smallest absolute Gasteiger partial charge is 0.249 e. The number of ether oxygens (including phenoxy) is 1. The zero-order valence-electron chi connectivity index (χ0n) is 12.9. The number of nitrogens with zero attached hydrogens (tertiary/aromatic N) is 3. The van der Waals surface area contributed by atoms with Gasteiger partial charge in [0.15, 0.2) is 5.82 Å². The van der Waals surface area contributed by atoms with Crippen LogP contribution in [-0.2, 0) is 0 Å². The van der Waals surface area contributed by atoms with Crippen LogP contribution in [0.4, 0.5) is 23.1 Å². The lowest BCUT2D eigenvalue weighted by Gasteiger charge is -2.10. The number of rotatable bonds is 5. The molecule has 0 unspecified atom stereocenters. The Morgan fingerprint density at radius 1 is 0.960 bits per heavy atom. The van der Waals surface area contributed by atoms with Gasteiger partial charge in [0.25, 0.3) is 0 Å². The zero-order chi connectivity index (χ0) is 17.8. The van der Waals surface area contributed by atoms with Gasteiger partial charge in [0, 0.05) is 10.7 Å². The first-order chi connectivity index (χ1) is 12.0. The van der Waals surface area contributed by atoms with Crippen LogP contribution < -0.4 is 15.4 Å². The fraction of sp³-hybridized carbons (Fsp3) is 0.0625. The van der Waals surface area contributed by atoms with Gasteiger partial charge in [0.05, 0.1) is 29.0 Å². The summed E-state index contributed by atoms with van der Waals surface area (Å²) in [7, 11) is 1.55. The highest BCUT2D eigenvalue weighted by Crippen LogP contribution is 2.29. The molecule has 0 bridgehead atoms. The van der Waals surface area contributed by atoms with E-state index in [1.165, 1.54) is 6.20 Å². The Morgan fingerprint density at radius 3 is 2.52 bits per heavy atom. The maximum absolute atomic E-state index is 6.14. The van der Waals surface area contributed by atoms with E-state index in [0.717, 1.165) is 0 Å². The van der Waals surface area contributed by atoms with E-state index in [2.05, 4.69) is 25.8 Å². The second-order valence-electron chi connectivity index (χ2n) is 4.89. The monoisotopic (exact) mass is 395 g/mol. The van der Waals surface area contributed by atoms with Crippen LogP contribution >= 0.6 is 34.8 Å². The highest BCUT2D eigenvalue weighted by molar-refractivity contribution is 6.36. The predicted molar refractivity (Wildman–Crippen MR) is 101 cm³/mol. The fourth-order valence-electron chi connectivity index (χ4n) is 2.02. The molecule has 6 nitrogen and oxygen atoms in total. The quantitative estimate of drug-likeness (QED) is 0.607. The van der Waals surface area contributed by atoms with Crippen molar-refractivity contribution in [3.63, 3.8) is 0 Å². The number of aromatic nitrogens is 3. The van der Waals surface area contributed by atoms with E-state index in [-0.39, 0.29) is 0 Å². The van der Waals surface area contributed by atoms with E-state index in [1.54, 1.807) is 43.5 Å². The van der Waals surface area contributed by atoms with Crippen LogP contribution in [0.2, 0.25) is 15.1 Å². The van der Waals surface area contributed by atoms with E-state index in [0.29, 0.717) is 44.0 Å². The standard InChI is InChI=1S/C16H12Cl3N5O/c1-25-14-5-3-10(7-12(14)19)21-16-23-15(8-20-24-16)22-13-4-2-9(17)6-11(13)18/h2-8H,1H3,(H2,21,22,23,24). The van der Waals surface area contributed by atoms with Crippen molar-refractivity contribution in [1.82, 2.24) is 15.2 Å². The summed E-state index contributed by atoms with van der Waals surface area (Å²) in [6.45, 7) is 0. The number of methoxy groups -OCH3 is 1. The van der Waals surface area contributed by atoms with Crippen molar-refractivity contribution >= 4 is 57.9 Å². The summed E-state index contributed by atoms with van der Waals surface area (Å²) in [6, 6.07) is 10.4. The van der Waals surface area contributed by atoms with E-state index in [4.69, 9.17) is 39.5 Å². The first-order valence-electron chi connectivity index (χ1n) is 7.07. The van der Waals surface area contributed by atoms with Crippen molar-refractivity contribution in [1.29, 1.82) is 0 Å². The summed E-state index contributed by atoms with van der Waals surface area (Å²) in [5.74, 6) is 1.36.